The molecular formula is C19H25N3O4. The zero-order valence-electron chi connectivity index (χ0n) is 15.2. The van der Waals surface area contributed by atoms with Crippen molar-refractivity contribution in [2.75, 3.05) is 27.2 Å². The van der Waals surface area contributed by atoms with Gasteiger partial charge in [0.25, 0.3) is 0 Å². The van der Waals surface area contributed by atoms with Crippen LogP contribution in [-0.2, 0) is 14.4 Å². The molecule has 3 rings (SSSR count). The Morgan fingerprint density at radius 2 is 1.92 bits per heavy atom. The normalized spacial score (nSPS) is 23.4. The van der Waals surface area contributed by atoms with E-state index in [4.69, 9.17) is 4.42 Å². The number of carbonyl (C=O) groups is 3. The third-order valence-electron chi connectivity index (χ3n) is 5.15. The van der Waals surface area contributed by atoms with Crippen molar-refractivity contribution < 1.29 is 18.8 Å². The number of nitrogens with one attached hydrogen (secondary N) is 1. The van der Waals surface area contributed by atoms with Crippen molar-refractivity contribution in [2.24, 2.45) is 11.8 Å². The smallest absolute Gasteiger partial charge is 0.233 e. The van der Waals surface area contributed by atoms with Crippen molar-refractivity contribution >= 4 is 17.7 Å². The number of hydrogen-bond acceptors (Lipinski definition) is 5. The van der Waals surface area contributed by atoms with Crippen molar-refractivity contribution in [1.29, 1.82) is 0 Å². The van der Waals surface area contributed by atoms with Gasteiger partial charge in [0, 0.05) is 19.5 Å². The molecule has 1 saturated heterocycles. The number of nitrogens with zero attached hydrogens (tertiary/aromatic N) is 2. The van der Waals surface area contributed by atoms with Gasteiger partial charge in [-0.05, 0) is 39.1 Å². The molecule has 1 aliphatic carbocycles. The van der Waals surface area contributed by atoms with E-state index in [2.05, 4.69) is 5.32 Å². The predicted octanol–water partition coefficient (Wildman–Crippen LogP) is 1.34. The number of carbonyl (C=O) groups excluding carboxylic acids is 3. The molecule has 140 valence electrons. The van der Waals surface area contributed by atoms with E-state index in [0.29, 0.717) is 19.4 Å². The first-order valence-electron chi connectivity index (χ1n) is 8.95. The fourth-order valence-corrected chi connectivity index (χ4v) is 3.62. The van der Waals surface area contributed by atoms with Crippen LogP contribution in [0.15, 0.2) is 35.0 Å². The summed E-state index contributed by atoms with van der Waals surface area (Å²) >= 11 is 0. The third-order valence-corrected chi connectivity index (χ3v) is 5.15. The predicted molar refractivity (Wildman–Crippen MR) is 94.8 cm³/mol. The van der Waals surface area contributed by atoms with Crippen LogP contribution in [0.3, 0.4) is 0 Å². The van der Waals surface area contributed by atoms with Crippen LogP contribution in [-0.4, -0.2) is 54.7 Å². The van der Waals surface area contributed by atoms with Gasteiger partial charge in [0.15, 0.2) is 0 Å². The van der Waals surface area contributed by atoms with Crippen molar-refractivity contribution in [2.45, 2.75) is 25.3 Å². The molecule has 3 unspecified atom stereocenters. The second-order valence-corrected chi connectivity index (χ2v) is 7.03. The number of rotatable bonds is 7. The van der Waals surface area contributed by atoms with Crippen LogP contribution < -0.4 is 5.32 Å². The molecule has 1 fully saturated rings. The molecule has 7 nitrogen and oxygen atoms in total. The summed E-state index contributed by atoms with van der Waals surface area (Å²) in [5.74, 6) is -0.174. The molecule has 2 aliphatic rings. The zero-order chi connectivity index (χ0) is 18.7. The highest BCUT2D eigenvalue weighted by atomic mass is 16.3. The number of amides is 3. The van der Waals surface area contributed by atoms with Gasteiger partial charge in [0.2, 0.25) is 17.7 Å². The maximum absolute atomic E-state index is 12.4. The molecule has 0 spiro atoms. The third kappa shape index (κ3) is 3.72. The van der Waals surface area contributed by atoms with Crippen molar-refractivity contribution in [3.63, 3.8) is 0 Å². The molecule has 1 N–H and O–H groups in total. The molecule has 1 aromatic rings. The summed E-state index contributed by atoms with van der Waals surface area (Å²) in [6.45, 7) is 0.542. The lowest BCUT2D eigenvalue weighted by Gasteiger charge is -2.23. The number of fused-ring (bicyclic) bond motifs is 1. The average Bonchev–Trinajstić information content (AvgIpc) is 3.22. The molecule has 1 aromatic heterocycles. The van der Waals surface area contributed by atoms with Gasteiger partial charge in [0.05, 0.1) is 24.1 Å². The molecule has 1 aliphatic heterocycles. The fraction of sp³-hybridized carbons (Fsp3) is 0.526. The Morgan fingerprint density at radius 1 is 1.27 bits per heavy atom. The topological polar surface area (TPSA) is 82.9 Å². The summed E-state index contributed by atoms with van der Waals surface area (Å²) in [5, 5.41) is 2.87. The number of imide groups is 1. The first kappa shape index (κ1) is 18.4. The van der Waals surface area contributed by atoms with Crippen LogP contribution in [0.5, 0.6) is 0 Å². The Balaban J connectivity index is 1.50. The highest BCUT2D eigenvalue weighted by Crippen LogP contribution is 2.34. The number of likely N-dealkylation sites (N-methyl/N-ethyl adjacent to an activating group) is 1. The summed E-state index contributed by atoms with van der Waals surface area (Å²) < 4.78 is 5.42. The quantitative estimate of drug-likeness (QED) is 0.587. The van der Waals surface area contributed by atoms with Crippen LogP contribution >= 0.6 is 0 Å². The van der Waals surface area contributed by atoms with Crippen LogP contribution in [0, 0.1) is 11.8 Å². The molecule has 0 radical (unpaired) electrons. The zero-order valence-corrected chi connectivity index (χ0v) is 15.2. The summed E-state index contributed by atoms with van der Waals surface area (Å²) in [5.41, 5.74) is 0. The summed E-state index contributed by atoms with van der Waals surface area (Å²) in [4.78, 5) is 40.2. The minimum absolute atomic E-state index is 0.0713. The summed E-state index contributed by atoms with van der Waals surface area (Å²) in [6, 6.07) is 3.61. The van der Waals surface area contributed by atoms with E-state index in [-0.39, 0.29) is 48.6 Å². The van der Waals surface area contributed by atoms with Crippen LogP contribution in [0.2, 0.25) is 0 Å². The molecule has 0 bridgehead atoms. The highest BCUT2D eigenvalue weighted by molar-refractivity contribution is 6.05. The Hall–Kier alpha value is -2.41. The van der Waals surface area contributed by atoms with Crippen molar-refractivity contribution in [3.8, 4) is 0 Å². The lowest BCUT2D eigenvalue weighted by molar-refractivity contribution is -0.140. The Kier molecular flexibility index (Phi) is 5.56. The van der Waals surface area contributed by atoms with Crippen molar-refractivity contribution in [3.05, 3.63) is 36.3 Å². The van der Waals surface area contributed by atoms with Gasteiger partial charge < -0.3 is 9.73 Å². The maximum Gasteiger partial charge on any atom is 0.233 e. The van der Waals surface area contributed by atoms with Crippen LogP contribution in [0.1, 0.15) is 31.1 Å². The second-order valence-electron chi connectivity index (χ2n) is 7.03. The van der Waals surface area contributed by atoms with E-state index in [1.54, 1.807) is 6.26 Å². The van der Waals surface area contributed by atoms with E-state index in [0.717, 1.165) is 5.76 Å². The molecule has 7 heteroatoms. The van der Waals surface area contributed by atoms with E-state index in [1.165, 1.54) is 4.90 Å². The minimum atomic E-state index is -0.243. The van der Waals surface area contributed by atoms with E-state index >= 15 is 0 Å². The van der Waals surface area contributed by atoms with Crippen LogP contribution in [0.25, 0.3) is 0 Å². The monoisotopic (exact) mass is 359 g/mol. The largest absolute Gasteiger partial charge is 0.468 e. The minimum Gasteiger partial charge on any atom is -0.468 e. The standard InChI is InChI=1S/C19H25N3O4/c1-21(2)15(16-8-5-11-26-16)12-20-17(23)9-10-22-18(24)13-6-3-4-7-14(13)19(22)25/h3-5,8,11,13-15H,6-7,9-10,12H2,1-2H3,(H,20,23). The van der Waals surface area contributed by atoms with E-state index in [9.17, 15) is 14.4 Å². The first-order valence-corrected chi connectivity index (χ1v) is 8.95. The van der Waals surface area contributed by atoms with Gasteiger partial charge in [-0.3, -0.25) is 24.2 Å². The fourth-order valence-electron chi connectivity index (χ4n) is 3.62. The molecule has 2 heterocycles. The average molecular weight is 359 g/mol. The number of hydrogen-bond donors (Lipinski definition) is 1. The summed E-state index contributed by atoms with van der Waals surface area (Å²) in [6.07, 6.45) is 6.86. The second kappa shape index (κ2) is 7.86. The van der Waals surface area contributed by atoms with Gasteiger partial charge in [-0.15, -0.1) is 0 Å². The van der Waals surface area contributed by atoms with E-state index < -0.39 is 0 Å². The molecule has 0 saturated carbocycles. The van der Waals surface area contributed by atoms with Gasteiger partial charge in [-0.2, -0.15) is 0 Å². The Labute approximate surface area is 153 Å². The van der Waals surface area contributed by atoms with Crippen LogP contribution in [0.4, 0.5) is 0 Å². The molecular weight excluding hydrogens is 334 g/mol. The molecule has 3 amide bonds. The SMILES string of the molecule is CN(C)C(CNC(=O)CCN1C(=O)C2CC=CCC2C1=O)c1ccco1. The maximum atomic E-state index is 12.4. The Morgan fingerprint density at radius 3 is 2.46 bits per heavy atom. The number of furan rings is 1. The van der Waals surface area contributed by atoms with Gasteiger partial charge in [-0.25, -0.2) is 0 Å². The first-order chi connectivity index (χ1) is 12.5. The molecule has 26 heavy (non-hydrogen) atoms. The van der Waals surface area contributed by atoms with Gasteiger partial charge in [-0.1, -0.05) is 12.2 Å². The van der Waals surface area contributed by atoms with Crippen molar-refractivity contribution in [1.82, 2.24) is 15.1 Å². The Bertz CT molecular complexity index is 670. The highest BCUT2D eigenvalue weighted by Gasteiger charge is 2.46. The van der Waals surface area contributed by atoms with E-state index in [1.807, 2.05) is 43.3 Å². The lowest BCUT2D eigenvalue weighted by Crippen LogP contribution is -2.38. The summed E-state index contributed by atoms with van der Waals surface area (Å²) in [7, 11) is 3.83. The molecule has 0 aromatic carbocycles. The lowest BCUT2D eigenvalue weighted by atomic mass is 9.85. The van der Waals surface area contributed by atoms with Gasteiger partial charge in [0.1, 0.15) is 5.76 Å². The number of likely N-dealkylation sites (tertiary alicyclic amines) is 1. The number of allylic oxidation sites excluding steroid dienone is 2. The molecule has 3 atom stereocenters. The van der Waals surface area contributed by atoms with Gasteiger partial charge >= 0.3 is 0 Å².